The van der Waals surface area contributed by atoms with Crippen LogP contribution in [0.1, 0.15) is 20.8 Å². The van der Waals surface area contributed by atoms with Gasteiger partial charge in [-0.25, -0.2) is 4.98 Å². The fourth-order valence-electron chi connectivity index (χ4n) is 2.60. The first-order valence-electron chi connectivity index (χ1n) is 7.76. The SMILES string of the molecule is Nc1ccc(Cc2cnc(NC(=O)c3coc4ccccc34)s2)cc1. The normalized spacial score (nSPS) is 10.9. The number of anilines is 2. The highest BCUT2D eigenvalue weighted by molar-refractivity contribution is 7.15. The third-order valence-electron chi connectivity index (χ3n) is 3.86. The molecule has 4 aromatic rings. The van der Waals surface area contributed by atoms with E-state index in [-0.39, 0.29) is 5.91 Å². The summed E-state index contributed by atoms with van der Waals surface area (Å²) in [6.45, 7) is 0. The average molecular weight is 349 g/mol. The van der Waals surface area contributed by atoms with Gasteiger partial charge in [-0.3, -0.25) is 10.1 Å². The number of rotatable bonds is 4. The number of furan rings is 1. The Kier molecular flexibility index (Phi) is 3.95. The standard InChI is InChI=1S/C19H15N3O2S/c20-13-7-5-12(6-8-13)9-14-10-21-19(25-14)22-18(23)16-11-24-17-4-2-1-3-15(16)17/h1-8,10-11H,9,20H2,(H,21,22,23). The number of fused-ring (bicyclic) bond motifs is 1. The van der Waals surface area contributed by atoms with Crippen molar-refractivity contribution in [3.63, 3.8) is 0 Å². The fourth-order valence-corrected chi connectivity index (χ4v) is 3.44. The maximum atomic E-state index is 12.5. The fraction of sp³-hybridized carbons (Fsp3) is 0.0526. The number of hydrogen-bond donors (Lipinski definition) is 2. The number of aromatic nitrogens is 1. The summed E-state index contributed by atoms with van der Waals surface area (Å²) in [5.41, 5.74) is 8.79. The third kappa shape index (κ3) is 3.25. The van der Waals surface area contributed by atoms with Gasteiger partial charge in [0, 0.05) is 28.6 Å². The first kappa shape index (κ1) is 15.4. The number of carbonyl (C=O) groups is 1. The van der Waals surface area contributed by atoms with E-state index in [9.17, 15) is 4.79 Å². The first-order valence-corrected chi connectivity index (χ1v) is 8.57. The van der Waals surface area contributed by atoms with E-state index in [0.717, 1.165) is 27.9 Å². The topological polar surface area (TPSA) is 81.1 Å². The first-order chi connectivity index (χ1) is 12.2. The highest BCUT2D eigenvalue weighted by Gasteiger charge is 2.15. The molecule has 0 saturated carbocycles. The van der Waals surface area contributed by atoms with E-state index in [0.29, 0.717) is 16.3 Å². The summed E-state index contributed by atoms with van der Waals surface area (Å²) in [5.74, 6) is -0.224. The Labute approximate surface area is 148 Å². The van der Waals surface area contributed by atoms with E-state index < -0.39 is 0 Å². The minimum absolute atomic E-state index is 0.224. The van der Waals surface area contributed by atoms with Gasteiger partial charge in [-0.15, -0.1) is 11.3 Å². The lowest BCUT2D eigenvalue weighted by Gasteiger charge is -2.00. The molecule has 0 atom stereocenters. The van der Waals surface area contributed by atoms with Crippen LogP contribution in [0.3, 0.4) is 0 Å². The lowest BCUT2D eigenvalue weighted by molar-refractivity contribution is 0.102. The molecule has 124 valence electrons. The number of nitrogens with two attached hydrogens (primary N) is 1. The van der Waals surface area contributed by atoms with Crippen molar-refractivity contribution >= 4 is 39.0 Å². The molecule has 0 aliphatic heterocycles. The van der Waals surface area contributed by atoms with Crippen LogP contribution in [0.25, 0.3) is 11.0 Å². The number of amides is 1. The van der Waals surface area contributed by atoms with E-state index >= 15 is 0 Å². The van der Waals surface area contributed by atoms with Gasteiger partial charge in [-0.1, -0.05) is 30.3 Å². The molecule has 5 nitrogen and oxygen atoms in total. The molecule has 3 N–H and O–H groups in total. The maximum Gasteiger partial charge on any atom is 0.261 e. The zero-order valence-electron chi connectivity index (χ0n) is 13.2. The maximum absolute atomic E-state index is 12.5. The quantitative estimate of drug-likeness (QED) is 0.538. The van der Waals surface area contributed by atoms with Gasteiger partial charge in [0.25, 0.3) is 5.91 Å². The van der Waals surface area contributed by atoms with Crippen molar-refractivity contribution in [3.05, 3.63) is 77.0 Å². The number of para-hydroxylation sites is 1. The van der Waals surface area contributed by atoms with Gasteiger partial charge in [0.15, 0.2) is 5.13 Å². The van der Waals surface area contributed by atoms with Crippen LogP contribution in [-0.4, -0.2) is 10.9 Å². The largest absolute Gasteiger partial charge is 0.463 e. The summed E-state index contributed by atoms with van der Waals surface area (Å²) in [6, 6.07) is 15.2. The monoisotopic (exact) mass is 349 g/mol. The minimum Gasteiger partial charge on any atom is -0.463 e. The number of hydrogen-bond acceptors (Lipinski definition) is 5. The summed E-state index contributed by atoms with van der Waals surface area (Å²) < 4.78 is 5.41. The predicted molar refractivity (Wildman–Crippen MR) is 99.9 cm³/mol. The minimum atomic E-state index is -0.224. The van der Waals surface area contributed by atoms with E-state index in [4.69, 9.17) is 10.2 Å². The van der Waals surface area contributed by atoms with Gasteiger partial charge < -0.3 is 10.2 Å². The van der Waals surface area contributed by atoms with Gasteiger partial charge in [-0.05, 0) is 23.8 Å². The van der Waals surface area contributed by atoms with Crippen LogP contribution >= 0.6 is 11.3 Å². The van der Waals surface area contributed by atoms with Gasteiger partial charge in [0.1, 0.15) is 11.8 Å². The van der Waals surface area contributed by atoms with Crippen molar-refractivity contribution < 1.29 is 9.21 Å². The lowest BCUT2D eigenvalue weighted by Crippen LogP contribution is -2.10. The molecule has 0 radical (unpaired) electrons. The van der Waals surface area contributed by atoms with Crippen molar-refractivity contribution in [1.82, 2.24) is 4.98 Å². The van der Waals surface area contributed by atoms with Crippen molar-refractivity contribution in [3.8, 4) is 0 Å². The number of nitrogens with one attached hydrogen (secondary N) is 1. The summed E-state index contributed by atoms with van der Waals surface area (Å²) in [7, 11) is 0. The van der Waals surface area contributed by atoms with Crippen molar-refractivity contribution in [2.75, 3.05) is 11.1 Å². The molecule has 0 aliphatic rings. The van der Waals surface area contributed by atoms with Crippen LogP contribution in [0.5, 0.6) is 0 Å². The van der Waals surface area contributed by atoms with Gasteiger partial charge in [0.05, 0.1) is 5.56 Å². The van der Waals surface area contributed by atoms with Crippen molar-refractivity contribution in [1.29, 1.82) is 0 Å². The molecule has 0 spiro atoms. The van der Waals surface area contributed by atoms with E-state index in [1.54, 1.807) is 6.20 Å². The molecule has 25 heavy (non-hydrogen) atoms. The molecule has 2 heterocycles. The van der Waals surface area contributed by atoms with Crippen LogP contribution in [0, 0.1) is 0 Å². The summed E-state index contributed by atoms with van der Waals surface area (Å²) in [5, 5.41) is 4.20. The second kappa shape index (κ2) is 6.41. The highest BCUT2D eigenvalue weighted by Crippen LogP contribution is 2.25. The Bertz CT molecular complexity index is 1030. The number of nitrogens with zero attached hydrogens (tertiary/aromatic N) is 1. The Balaban J connectivity index is 1.49. The Morgan fingerprint density at radius 1 is 1.16 bits per heavy atom. The molecule has 0 saturated heterocycles. The van der Waals surface area contributed by atoms with E-state index in [1.165, 1.54) is 17.6 Å². The average Bonchev–Trinajstić information content (AvgIpc) is 3.23. The molecule has 2 aromatic heterocycles. The van der Waals surface area contributed by atoms with Gasteiger partial charge in [-0.2, -0.15) is 0 Å². The second-order valence-corrected chi connectivity index (χ2v) is 6.76. The molecular formula is C19H15N3O2S. The highest BCUT2D eigenvalue weighted by atomic mass is 32.1. The summed E-state index contributed by atoms with van der Waals surface area (Å²) in [4.78, 5) is 17.8. The molecule has 0 bridgehead atoms. The Hall–Kier alpha value is -3.12. The summed E-state index contributed by atoms with van der Waals surface area (Å²) >= 11 is 1.46. The summed E-state index contributed by atoms with van der Waals surface area (Å²) in [6.07, 6.45) is 4.01. The van der Waals surface area contributed by atoms with Crippen LogP contribution in [0.2, 0.25) is 0 Å². The zero-order chi connectivity index (χ0) is 17.2. The van der Waals surface area contributed by atoms with E-state index in [2.05, 4.69) is 10.3 Å². The Morgan fingerprint density at radius 3 is 2.80 bits per heavy atom. The molecule has 0 fully saturated rings. The van der Waals surface area contributed by atoms with Gasteiger partial charge >= 0.3 is 0 Å². The molecule has 0 unspecified atom stereocenters. The number of nitrogen functional groups attached to an aromatic ring is 1. The smallest absolute Gasteiger partial charge is 0.261 e. The molecule has 0 aliphatic carbocycles. The second-order valence-electron chi connectivity index (χ2n) is 5.65. The molecule has 1 amide bonds. The number of benzene rings is 2. The third-order valence-corrected chi connectivity index (χ3v) is 4.77. The molecule has 6 heteroatoms. The van der Waals surface area contributed by atoms with Crippen LogP contribution < -0.4 is 11.1 Å². The lowest BCUT2D eigenvalue weighted by atomic mass is 10.1. The van der Waals surface area contributed by atoms with Crippen LogP contribution in [0.15, 0.2) is 65.4 Å². The molecule has 2 aromatic carbocycles. The number of thiazole rings is 1. The number of carbonyl (C=O) groups excluding carboxylic acids is 1. The van der Waals surface area contributed by atoms with E-state index in [1.807, 2.05) is 48.5 Å². The van der Waals surface area contributed by atoms with Gasteiger partial charge in [0.2, 0.25) is 0 Å². The molecular weight excluding hydrogens is 334 g/mol. The van der Waals surface area contributed by atoms with Crippen LogP contribution in [0.4, 0.5) is 10.8 Å². The Morgan fingerprint density at radius 2 is 1.96 bits per heavy atom. The van der Waals surface area contributed by atoms with Crippen molar-refractivity contribution in [2.24, 2.45) is 0 Å². The van der Waals surface area contributed by atoms with Crippen LogP contribution in [-0.2, 0) is 6.42 Å². The predicted octanol–water partition coefficient (Wildman–Crippen LogP) is 4.31. The molecule has 4 rings (SSSR count). The zero-order valence-corrected chi connectivity index (χ0v) is 14.0. The van der Waals surface area contributed by atoms with Crippen molar-refractivity contribution in [2.45, 2.75) is 6.42 Å².